The van der Waals surface area contributed by atoms with Crippen molar-refractivity contribution < 1.29 is 9.84 Å². The van der Waals surface area contributed by atoms with E-state index in [2.05, 4.69) is 25.7 Å². The Morgan fingerprint density at radius 2 is 1.64 bits per heavy atom. The molecule has 1 N–H and O–H groups in total. The molecule has 1 fully saturated rings. The second-order valence-electron chi connectivity index (χ2n) is 9.48. The smallest absolute Gasteiger partial charge is 0.187 e. The zero-order valence-corrected chi connectivity index (χ0v) is 20.8. The van der Waals surface area contributed by atoms with Gasteiger partial charge in [0.15, 0.2) is 11.4 Å². The lowest BCUT2D eigenvalue weighted by Gasteiger charge is -2.37. The molecule has 0 radical (unpaired) electrons. The number of fused-ring (bicyclic) bond motifs is 1. The number of rotatable bonds is 5. The Bertz CT molecular complexity index is 1410. The Morgan fingerprint density at radius 3 is 2.25 bits per heavy atom. The molecule has 2 aromatic carbocycles. The van der Waals surface area contributed by atoms with Gasteiger partial charge in [0.1, 0.15) is 5.82 Å². The summed E-state index contributed by atoms with van der Waals surface area (Å²) in [7, 11) is 1.71. The molecule has 36 heavy (non-hydrogen) atoms. The predicted molar refractivity (Wildman–Crippen MR) is 144 cm³/mol. The molecule has 2 aromatic heterocycles. The van der Waals surface area contributed by atoms with Crippen molar-refractivity contribution in [2.45, 2.75) is 19.4 Å². The SMILES string of the molecule is [C-]#[N+]c1ccc(-c2cccc3c(OC)c(N4CCN(c5ccc(C(C)(C)O)cn5)CC4)cnc23)cc1. The van der Waals surface area contributed by atoms with Crippen LogP contribution in [0, 0.1) is 6.57 Å². The third-order valence-corrected chi connectivity index (χ3v) is 6.74. The van der Waals surface area contributed by atoms with Crippen LogP contribution in [-0.2, 0) is 5.60 Å². The van der Waals surface area contributed by atoms with E-state index < -0.39 is 5.60 Å². The molecule has 0 atom stereocenters. The van der Waals surface area contributed by atoms with Crippen LogP contribution in [0.5, 0.6) is 5.75 Å². The Balaban J connectivity index is 1.39. The summed E-state index contributed by atoms with van der Waals surface area (Å²) in [5.41, 5.74) is 4.42. The molecule has 0 bridgehead atoms. The van der Waals surface area contributed by atoms with Crippen LogP contribution in [0.1, 0.15) is 19.4 Å². The number of pyridine rings is 2. The number of para-hydroxylation sites is 1. The number of benzene rings is 2. The first kappa shape index (κ1) is 23.6. The summed E-state index contributed by atoms with van der Waals surface area (Å²) in [6.07, 6.45) is 3.66. The number of anilines is 2. The van der Waals surface area contributed by atoms with Crippen LogP contribution in [0.15, 0.2) is 67.0 Å². The molecule has 0 unspecified atom stereocenters. The number of aromatic nitrogens is 2. The molecule has 1 aliphatic rings. The fourth-order valence-electron chi connectivity index (χ4n) is 4.69. The fraction of sp³-hybridized carbons (Fsp3) is 0.276. The average molecular weight is 480 g/mol. The maximum atomic E-state index is 10.2. The van der Waals surface area contributed by atoms with E-state index in [1.54, 1.807) is 27.2 Å². The zero-order chi connectivity index (χ0) is 25.3. The van der Waals surface area contributed by atoms with Crippen molar-refractivity contribution in [3.63, 3.8) is 0 Å². The van der Waals surface area contributed by atoms with E-state index in [9.17, 15) is 5.11 Å². The lowest BCUT2D eigenvalue weighted by Crippen LogP contribution is -2.47. The van der Waals surface area contributed by atoms with E-state index in [0.29, 0.717) is 5.69 Å². The number of piperazine rings is 1. The lowest BCUT2D eigenvalue weighted by molar-refractivity contribution is 0.0782. The van der Waals surface area contributed by atoms with Crippen molar-refractivity contribution >= 4 is 28.1 Å². The highest BCUT2D eigenvalue weighted by atomic mass is 16.5. The molecule has 7 heteroatoms. The van der Waals surface area contributed by atoms with Crippen molar-refractivity contribution in [2.75, 3.05) is 43.1 Å². The summed E-state index contributed by atoms with van der Waals surface area (Å²) >= 11 is 0. The van der Waals surface area contributed by atoms with Gasteiger partial charge in [0.05, 0.1) is 36.7 Å². The summed E-state index contributed by atoms with van der Waals surface area (Å²) in [6, 6.07) is 17.6. The summed E-state index contributed by atoms with van der Waals surface area (Å²) in [5.74, 6) is 1.74. The minimum Gasteiger partial charge on any atom is -0.494 e. The van der Waals surface area contributed by atoms with Gasteiger partial charge in [-0.25, -0.2) is 9.83 Å². The first-order valence-electron chi connectivity index (χ1n) is 12.0. The topological polar surface area (TPSA) is 66.1 Å². The van der Waals surface area contributed by atoms with Crippen LogP contribution in [0.3, 0.4) is 0 Å². The average Bonchev–Trinajstić information content (AvgIpc) is 2.92. The number of ether oxygens (including phenoxy) is 1. The van der Waals surface area contributed by atoms with Crippen LogP contribution in [0.4, 0.5) is 17.2 Å². The molecule has 0 spiro atoms. The largest absolute Gasteiger partial charge is 0.494 e. The van der Waals surface area contributed by atoms with E-state index in [1.807, 2.05) is 54.7 Å². The number of aliphatic hydroxyl groups is 1. The van der Waals surface area contributed by atoms with Crippen molar-refractivity contribution in [3.05, 3.63) is 84.0 Å². The van der Waals surface area contributed by atoms with Gasteiger partial charge in [-0.05, 0) is 31.5 Å². The fourth-order valence-corrected chi connectivity index (χ4v) is 4.69. The van der Waals surface area contributed by atoms with Gasteiger partial charge in [-0.2, -0.15) is 0 Å². The maximum absolute atomic E-state index is 10.2. The number of nitrogens with zero attached hydrogens (tertiary/aromatic N) is 5. The van der Waals surface area contributed by atoms with Gasteiger partial charge >= 0.3 is 0 Å². The van der Waals surface area contributed by atoms with Crippen molar-refractivity contribution in [1.82, 2.24) is 9.97 Å². The minimum absolute atomic E-state index is 0.620. The van der Waals surface area contributed by atoms with Crippen LogP contribution < -0.4 is 14.5 Å². The van der Waals surface area contributed by atoms with Crippen LogP contribution in [0.2, 0.25) is 0 Å². The van der Waals surface area contributed by atoms with Gasteiger partial charge in [0.2, 0.25) is 0 Å². The second kappa shape index (κ2) is 9.48. The van der Waals surface area contributed by atoms with Crippen LogP contribution >= 0.6 is 0 Å². The van der Waals surface area contributed by atoms with Crippen LogP contribution in [-0.4, -0.2) is 48.4 Å². The summed E-state index contributed by atoms with van der Waals surface area (Å²) < 4.78 is 5.92. The number of hydrogen-bond donors (Lipinski definition) is 1. The Labute approximate surface area is 211 Å². The van der Waals surface area contributed by atoms with Gasteiger partial charge in [-0.15, -0.1) is 0 Å². The monoisotopic (exact) mass is 479 g/mol. The molecule has 0 amide bonds. The summed E-state index contributed by atoms with van der Waals surface area (Å²) in [4.78, 5) is 17.5. The van der Waals surface area contributed by atoms with Crippen molar-refractivity contribution in [1.29, 1.82) is 0 Å². The third kappa shape index (κ3) is 4.43. The Hall–Kier alpha value is -4.15. The minimum atomic E-state index is -0.898. The Morgan fingerprint density at radius 1 is 0.917 bits per heavy atom. The quantitative estimate of drug-likeness (QED) is 0.386. The second-order valence-corrected chi connectivity index (χ2v) is 9.48. The zero-order valence-electron chi connectivity index (χ0n) is 20.8. The first-order chi connectivity index (χ1) is 17.4. The predicted octanol–water partition coefficient (Wildman–Crippen LogP) is 5.41. The van der Waals surface area contributed by atoms with Gasteiger partial charge < -0.3 is 19.6 Å². The lowest BCUT2D eigenvalue weighted by atomic mass is 10.0. The van der Waals surface area contributed by atoms with Crippen molar-refractivity contribution in [2.24, 2.45) is 0 Å². The Kier molecular flexibility index (Phi) is 6.21. The summed E-state index contributed by atoms with van der Waals surface area (Å²) in [6.45, 7) is 14.0. The van der Waals surface area contributed by atoms with E-state index in [4.69, 9.17) is 16.3 Å². The molecular weight excluding hydrogens is 450 g/mol. The third-order valence-electron chi connectivity index (χ3n) is 6.74. The molecule has 1 aliphatic heterocycles. The van der Waals surface area contributed by atoms with Gasteiger partial charge in [-0.3, -0.25) is 4.98 Å². The maximum Gasteiger partial charge on any atom is 0.187 e. The number of hydrogen-bond acceptors (Lipinski definition) is 6. The van der Waals surface area contributed by atoms with Crippen molar-refractivity contribution in [3.8, 4) is 16.9 Å². The standard InChI is InChI=1S/C29H29N5O2/c1-29(2,35)21-10-13-26(31-18-21)34-16-14-33(15-17-34)25-19-32-27-23(6-5-7-24(27)28(25)36-4)20-8-11-22(30-3)12-9-20/h5-13,18-19,35H,14-17H2,1-2,4H3. The molecular formula is C29H29N5O2. The molecule has 7 nitrogen and oxygen atoms in total. The molecule has 0 aliphatic carbocycles. The van der Waals surface area contributed by atoms with E-state index in [1.165, 1.54) is 0 Å². The molecule has 182 valence electrons. The van der Waals surface area contributed by atoms with Gasteiger partial charge in [0.25, 0.3) is 0 Å². The molecule has 3 heterocycles. The van der Waals surface area contributed by atoms with Gasteiger partial charge in [-0.1, -0.05) is 42.5 Å². The van der Waals surface area contributed by atoms with E-state index in [0.717, 1.165) is 71.0 Å². The first-order valence-corrected chi connectivity index (χ1v) is 12.0. The molecule has 5 rings (SSSR count). The van der Waals surface area contributed by atoms with Gasteiger partial charge in [0, 0.05) is 48.9 Å². The van der Waals surface area contributed by atoms with Crippen LogP contribution in [0.25, 0.3) is 26.9 Å². The highest BCUT2D eigenvalue weighted by Crippen LogP contribution is 2.39. The number of methoxy groups -OCH3 is 1. The van der Waals surface area contributed by atoms with E-state index >= 15 is 0 Å². The summed E-state index contributed by atoms with van der Waals surface area (Å²) in [5, 5.41) is 11.2. The highest BCUT2D eigenvalue weighted by molar-refractivity contribution is 5.99. The van der Waals surface area contributed by atoms with E-state index in [-0.39, 0.29) is 0 Å². The molecule has 1 saturated heterocycles. The highest BCUT2D eigenvalue weighted by Gasteiger charge is 2.24. The molecule has 0 saturated carbocycles. The normalized spacial score (nSPS) is 14.1. The molecule has 4 aromatic rings.